The normalized spacial score (nSPS) is 10.3. The van der Waals surface area contributed by atoms with E-state index in [2.05, 4.69) is 15.6 Å². The van der Waals surface area contributed by atoms with Gasteiger partial charge in [0.05, 0.1) is 11.1 Å². The summed E-state index contributed by atoms with van der Waals surface area (Å²) in [6.45, 7) is 3.76. The van der Waals surface area contributed by atoms with Crippen LogP contribution in [0.4, 0.5) is 11.4 Å². The summed E-state index contributed by atoms with van der Waals surface area (Å²) in [4.78, 5) is 29.0. The quantitative estimate of drug-likeness (QED) is 0.680. The van der Waals surface area contributed by atoms with E-state index in [1.54, 1.807) is 18.2 Å². The molecule has 0 atom stereocenters. The number of benzene rings is 2. The maximum absolute atomic E-state index is 12.5. The van der Waals surface area contributed by atoms with Crippen molar-refractivity contribution in [2.75, 3.05) is 10.6 Å². The summed E-state index contributed by atoms with van der Waals surface area (Å²) >= 11 is 5.94. The number of nitrogens with one attached hydrogen (secondary N) is 2. The highest BCUT2D eigenvalue weighted by Gasteiger charge is 2.13. The third kappa shape index (κ3) is 4.51. The van der Waals surface area contributed by atoms with Crippen LogP contribution in [0.3, 0.4) is 0 Å². The Bertz CT molecular complexity index is 1020. The molecule has 1 aromatic heterocycles. The van der Waals surface area contributed by atoms with Crippen molar-refractivity contribution in [2.45, 2.75) is 13.8 Å². The molecule has 2 aromatic carbocycles. The smallest absolute Gasteiger partial charge is 0.257 e. The van der Waals surface area contributed by atoms with Gasteiger partial charge < -0.3 is 10.6 Å². The van der Waals surface area contributed by atoms with Gasteiger partial charge in [-0.05, 0) is 55.3 Å². The topological polar surface area (TPSA) is 71.1 Å². The molecule has 0 unspecified atom stereocenters. The average molecular weight is 380 g/mol. The molecule has 1 heterocycles. The average Bonchev–Trinajstić information content (AvgIpc) is 2.66. The van der Waals surface area contributed by atoms with Crippen LogP contribution in [-0.4, -0.2) is 16.8 Å². The third-order valence-electron chi connectivity index (χ3n) is 4.09. The number of hydrogen-bond donors (Lipinski definition) is 2. The van der Waals surface area contributed by atoms with Gasteiger partial charge in [-0.2, -0.15) is 0 Å². The Morgan fingerprint density at radius 1 is 0.815 bits per heavy atom. The molecule has 0 bridgehead atoms. The van der Waals surface area contributed by atoms with Crippen molar-refractivity contribution in [3.63, 3.8) is 0 Å². The van der Waals surface area contributed by atoms with E-state index in [1.807, 2.05) is 38.1 Å². The molecule has 2 N–H and O–H groups in total. The van der Waals surface area contributed by atoms with Crippen LogP contribution in [0.15, 0.2) is 60.9 Å². The Balaban J connectivity index is 1.77. The first-order valence-corrected chi connectivity index (χ1v) is 8.71. The summed E-state index contributed by atoms with van der Waals surface area (Å²) in [5.41, 5.74) is 3.76. The second-order valence-corrected chi connectivity index (χ2v) is 6.58. The molecule has 6 heteroatoms. The maximum Gasteiger partial charge on any atom is 0.257 e. The molecular formula is C21H18ClN3O2. The predicted molar refractivity (Wildman–Crippen MR) is 108 cm³/mol. The highest BCUT2D eigenvalue weighted by Crippen LogP contribution is 2.20. The van der Waals surface area contributed by atoms with Crippen LogP contribution >= 0.6 is 11.6 Å². The van der Waals surface area contributed by atoms with E-state index in [9.17, 15) is 9.59 Å². The zero-order valence-corrected chi connectivity index (χ0v) is 15.7. The van der Waals surface area contributed by atoms with E-state index < -0.39 is 0 Å². The molecule has 0 saturated carbocycles. The van der Waals surface area contributed by atoms with Gasteiger partial charge in [0.1, 0.15) is 0 Å². The number of halogens is 1. The van der Waals surface area contributed by atoms with Crippen molar-refractivity contribution in [1.82, 2.24) is 4.98 Å². The number of rotatable bonds is 4. The molecular weight excluding hydrogens is 362 g/mol. The van der Waals surface area contributed by atoms with Gasteiger partial charge in [-0.15, -0.1) is 0 Å². The van der Waals surface area contributed by atoms with E-state index in [1.165, 1.54) is 18.5 Å². The minimum absolute atomic E-state index is 0.293. The Morgan fingerprint density at radius 2 is 1.41 bits per heavy atom. The van der Waals surface area contributed by atoms with Crippen LogP contribution in [0.5, 0.6) is 0 Å². The number of carbonyl (C=O) groups is 2. The van der Waals surface area contributed by atoms with E-state index in [0.717, 1.165) is 11.1 Å². The number of hydrogen-bond acceptors (Lipinski definition) is 3. The number of amides is 2. The second-order valence-electron chi connectivity index (χ2n) is 6.14. The van der Waals surface area contributed by atoms with Crippen LogP contribution in [0.1, 0.15) is 31.8 Å². The molecule has 0 aliphatic carbocycles. The highest BCUT2D eigenvalue weighted by atomic mass is 35.5. The van der Waals surface area contributed by atoms with Gasteiger partial charge in [-0.25, -0.2) is 0 Å². The molecule has 27 heavy (non-hydrogen) atoms. The van der Waals surface area contributed by atoms with Gasteiger partial charge in [-0.1, -0.05) is 29.8 Å². The first-order chi connectivity index (χ1) is 12.9. The number of carbonyl (C=O) groups excluding carboxylic acids is 2. The number of para-hydroxylation sites is 1. The third-order valence-corrected chi connectivity index (χ3v) is 4.33. The monoisotopic (exact) mass is 379 g/mol. The lowest BCUT2D eigenvalue weighted by atomic mass is 10.1. The molecule has 0 fully saturated rings. The summed E-state index contributed by atoms with van der Waals surface area (Å²) in [6.07, 6.45) is 2.85. The maximum atomic E-state index is 12.5. The zero-order valence-electron chi connectivity index (χ0n) is 14.9. The summed E-state index contributed by atoms with van der Waals surface area (Å²) in [5, 5.41) is 6.24. The minimum Gasteiger partial charge on any atom is -0.322 e. The van der Waals surface area contributed by atoms with Crippen molar-refractivity contribution < 1.29 is 9.59 Å². The number of aryl methyl sites for hydroxylation is 2. The molecule has 0 aliphatic heterocycles. The van der Waals surface area contributed by atoms with Crippen molar-refractivity contribution in [2.24, 2.45) is 0 Å². The van der Waals surface area contributed by atoms with Gasteiger partial charge in [0.2, 0.25) is 0 Å². The lowest BCUT2D eigenvalue weighted by molar-refractivity contribution is 0.102. The Kier molecular flexibility index (Phi) is 5.52. The lowest BCUT2D eigenvalue weighted by Crippen LogP contribution is -2.17. The van der Waals surface area contributed by atoms with Crippen LogP contribution < -0.4 is 10.6 Å². The first kappa shape index (κ1) is 18.6. The Morgan fingerprint density at radius 3 is 2.00 bits per heavy atom. The predicted octanol–water partition coefficient (Wildman–Crippen LogP) is 4.86. The van der Waals surface area contributed by atoms with Crippen molar-refractivity contribution in [3.05, 3.63) is 88.2 Å². The molecule has 0 spiro atoms. The van der Waals surface area contributed by atoms with Gasteiger partial charge in [-0.3, -0.25) is 14.6 Å². The molecule has 0 aliphatic rings. The fourth-order valence-electron chi connectivity index (χ4n) is 2.56. The summed E-state index contributed by atoms with van der Waals surface area (Å²) in [6, 6.07) is 14.2. The first-order valence-electron chi connectivity index (χ1n) is 8.33. The summed E-state index contributed by atoms with van der Waals surface area (Å²) in [5.74, 6) is -0.674. The van der Waals surface area contributed by atoms with Crippen molar-refractivity contribution >= 4 is 34.8 Å². The Labute approximate surface area is 162 Å². The number of pyridine rings is 1. The fraction of sp³-hybridized carbons (Fsp3) is 0.0952. The molecule has 0 radical (unpaired) electrons. The van der Waals surface area contributed by atoms with Gasteiger partial charge in [0, 0.05) is 28.8 Å². The van der Waals surface area contributed by atoms with Crippen LogP contribution in [0.2, 0.25) is 5.02 Å². The molecule has 3 rings (SSSR count). The van der Waals surface area contributed by atoms with E-state index in [0.29, 0.717) is 27.5 Å². The largest absolute Gasteiger partial charge is 0.322 e. The Hall–Kier alpha value is -3.18. The number of nitrogens with zero attached hydrogens (tertiary/aromatic N) is 1. The van der Waals surface area contributed by atoms with Crippen LogP contribution in [0.25, 0.3) is 0 Å². The van der Waals surface area contributed by atoms with Crippen LogP contribution in [-0.2, 0) is 0 Å². The van der Waals surface area contributed by atoms with Gasteiger partial charge in [0.25, 0.3) is 11.8 Å². The molecule has 2 amide bonds. The zero-order chi connectivity index (χ0) is 19.4. The fourth-order valence-corrected chi connectivity index (χ4v) is 2.78. The van der Waals surface area contributed by atoms with E-state index in [4.69, 9.17) is 11.6 Å². The van der Waals surface area contributed by atoms with Gasteiger partial charge >= 0.3 is 0 Å². The molecule has 3 aromatic rings. The van der Waals surface area contributed by atoms with Crippen molar-refractivity contribution in [3.8, 4) is 0 Å². The molecule has 5 nitrogen and oxygen atoms in total. The highest BCUT2D eigenvalue weighted by molar-refractivity contribution is 6.30. The summed E-state index contributed by atoms with van der Waals surface area (Å²) < 4.78 is 0. The van der Waals surface area contributed by atoms with E-state index in [-0.39, 0.29) is 11.8 Å². The van der Waals surface area contributed by atoms with E-state index >= 15 is 0 Å². The SMILES string of the molecule is Cc1ccccc1NC(=O)c1cncc(C(=O)Nc2ccc(Cl)cc2C)c1. The number of aromatic nitrogens is 1. The number of anilines is 2. The standard InChI is InChI=1S/C21H18ClN3O2/c1-13-5-3-4-6-18(13)24-20(26)15-10-16(12-23-11-15)21(27)25-19-8-7-17(22)9-14(19)2/h3-12H,1-2H3,(H,24,26)(H,25,27). The molecule has 136 valence electrons. The second kappa shape index (κ2) is 8.01. The lowest BCUT2D eigenvalue weighted by Gasteiger charge is -2.10. The van der Waals surface area contributed by atoms with Crippen molar-refractivity contribution in [1.29, 1.82) is 0 Å². The summed E-state index contributed by atoms with van der Waals surface area (Å²) in [7, 11) is 0. The molecule has 0 saturated heterocycles. The van der Waals surface area contributed by atoms with Crippen LogP contribution in [0, 0.1) is 13.8 Å². The minimum atomic E-state index is -0.349. The van der Waals surface area contributed by atoms with Gasteiger partial charge in [0.15, 0.2) is 0 Å².